The number of rotatable bonds is 5. The molecule has 0 amide bonds. The summed E-state index contributed by atoms with van der Waals surface area (Å²) in [7, 11) is 3.05. The van der Waals surface area contributed by atoms with E-state index in [0.29, 0.717) is 22.6 Å². The second-order valence-electron chi connectivity index (χ2n) is 4.32. The first kappa shape index (κ1) is 14.7. The summed E-state index contributed by atoms with van der Waals surface area (Å²) in [6.45, 7) is 0. The van der Waals surface area contributed by atoms with Crippen molar-refractivity contribution in [3.05, 3.63) is 59.7 Å². The largest absolute Gasteiger partial charge is 0.504 e. The summed E-state index contributed by atoms with van der Waals surface area (Å²) in [6.07, 6.45) is 2.97. The summed E-state index contributed by atoms with van der Waals surface area (Å²) in [4.78, 5) is 12.0. The van der Waals surface area contributed by atoms with E-state index in [-0.39, 0.29) is 11.5 Å². The maximum Gasteiger partial charge on any atom is 0.185 e. The second kappa shape index (κ2) is 6.61. The smallest absolute Gasteiger partial charge is 0.185 e. The van der Waals surface area contributed by atoms with E-state index in [2.05, 4.69) is 0 Å². The lowest BCUT2D eigenvalue weighted by molar-refractivity contribution is 0.104. The van der Waals surface area contributed by atoms with Gasteiger partial charge in [-0.3, -0.25) is 4.79 Å². The van der Waals surface area contributed by atoms with E-state index in [1.54, 1.807) is 55.7 Å². The highest BCUT2D eigenvalue weighted by molar-refractivity contribution is 6.07. The zero-order valence-electron chi connectivity index (χ0n) is 11.9. The first-order valence-electron chi connectivity index (χ1n) is 6.38. The van der Waals surface area contributed by atoms with Gasteiger partial charge in [0.05, 0.1) is 14.2 Å². The number of hydrogen-bond acceptors (Lipinski definition) is 4. The third kappa shape index (κ3) is 3.42. The number of methoxy groups -OCH3 is 2. The van der Waals surface area contributed by atoms with Crippen LogP contribution in [0.5, 0.6) is 17.2 Å². The summed E-state index contributed by atoms with van der Waals surface area (Å²) >= 11 is 0. The molecule has 0 heterocycles. The minimum Gasteiger partial charge on any atom is -0.504 e. The molecule has 2 aromatic carbocycles. The van der Waals surface area contributed by atoms with Crippen LogP contribution < -0.4 is 9.47 Å². The molecule has 0 aliphatic carbocycles. The highest BCUT2D eigenvalue weighted by atomic mass is 16.5. The zero-order chi connectivity index (χ0) is 15.2. The molecule has 0 radical (unpaired) electrons. The Kier molecular flexibility index (Phi) is 4.61. The zero-order valence-corrected chi connectivity index (χ0v) is 11.9. The molecule has 0 bridgehead atoms. The number of ketones is 1. The number of phenolic OH excluding ortho intramolecular Hbond substituents is 1. The van der Waals surface area contributed by atoms with Gasteiger partial charge in [0, 0.05) is 11.1 Å². The molecule has 0 saturated carbocycles. The minimum atomic E-state index is -0.153. The van der Waals surface area contributed by atoms with Crippen molar-refractivity contribution in [3.8, 4) is 17.2 Å². The lowest BCUT2D eigenvalue weighted by Crippen LogP contribution is -1.94. The number of allylic oxidation sites excluding steroid dienone is 1. The van der Waals surface area contributed by atoms with Gasteiger partial charge in [0.15, 0.2) is 17.3 Å². The first-order chi connectivity index (χ1) is 10.2. The molecule has 0 aromatic heterocycles. The average Bonchev–Trinajstić information content (AvgIpc) is 2.53. The van der Waals surface area contributed by atoms with E-state index in [0.717, 1.165) is 0 Å². The molecule has 0 spiro atoms. The Morgan fingerprint density at radius 1 is 1.05 bits per heavy atom. The van der Waals surface area contributed by atoms with E-state index < -0.39 is 0 Å². The Hall–Kier alpha value is -2.75. The predicted octanol–water partition coefficient (Wildman–Crippen LogP) is 3.31. The number of carbonyl (C=O) groups is 1. The van der Waals surface area contributed by atoms with Crippen molar-refractivity contribution in [2.45, 2.75) is 0 Å². The third-order valence-electron chi connectivity index (χ3n) is 3.04. The third-order valence-corrected chi connectivity index (χ3v) is 3.04. The van der Waals surface area contributed by atoms with Crippen LogP contribution in [0.3, 0.4) is 0 Å². The van der Waals surface area contributed by atoms with Gasteiger partial charge in [0.2, 0.25) is 0 Å². The summed E-state index contributed by atoms with van der Waals surface area (Å²) in [6, 6.07) is 11.9. The molecule has 0 unspecified atom stereocenters. The molecule has 4 heteroatoms. The van der Waals surface area contributed by atoms with E-state index in [1.807, 2.05) is 0 Å². The first-order valence-corrected chi connectivity index (χ1v) is 6.38. The van der Waals surface area contributed by atoms with Crippen molar-refractivity contribution in [3.63, 3.8) is 0 Å². The van der Waals surface area contributed by atoms with Crippen LogP contribution in [-0.2, 0) is 0 Å². The second-order valence-corrected chi connectivity index (χ2v) is 4.32. The highest BCUT2D eigenvalue weighted by Crippen LogP contribution is 2.30. The Balaban J connectivity index is 2.18. The van der Waals surface area contributed by atoms with Crippen molar-refractivity contribution in [1.82, 2.24) is 0 Å². The van der Waals surface area contributed by atoms with Gasteiger partial charge in [-0.05, 0) is 42.5 Å². The van der Waals surface area contributed by atoms with Crippen LogP contribution in [0.1, 0.15) is 15.9 Å². The number of carbonyl (C=O) groups excluding carboxylic acids is 1. The van der Waals surface area contributed by atoms with Crippen molar-refractivity contribution in [1.29, 1.82) is 0 Å². The van der Waals surface area contributed by atoms with E-state index in [1.165, 1.54) is 13.2 Å². The fourth-order valence-corrected chi connectivity index (χ4v) is 1.86. The van der Waals surface area contributed by atoms with Crippen molar-refractivity contribution < 1.29 is 19.4 Å². The van der Waals surface area contributed by atoms with Gasteiger partial charge < -0.3 is 14.6 Å². The van der Waals surface area contributed by atoms with E-state index in [9.17, 15) is 9.90 Å². The van der Waals surface area contributed by atoms with Crippen LogP contribution in [-0.4, -0.2) is 25.1 Å². The molecular formula is C17H16O4. The lowest BCUT2D eigenvalue weighted by Gasteiger charge is -2.05. The van der Waals surface area contributed by atoms with Crippen LogP contribution in [0.25, 0.3) is 6.08 Å². The van der Waals surface area contributed by atoms with Gasteiger partial charge in [-0.1, -0.05) is 12.1 Å². The average molecular weight is 284 g/mol. The topological polar surface area (TPSA) is 55.8 Å². The number of phenols is 1. The van der Waals surface area contributed by atoms with E-state index >= 15 is 0 Å². The maximum atomic E-state index is 12.0. The van der Waals surface area contributed by atoms with Crippen LogP contribution in [0.4, 0.5) is 0 Å². The molecule has 0 aliphatic rings. The Bertz CT molecular complexity index is 657. The van der Waals surface area contributed by atoms with Gasteiger partial charge in [0.1, 0.15) is 5.75 Å². The number of hydrogen-bond donors (Lipinski definition) is 1. The number of ether oxygens (including phenoxy) is 2. The molecule has 4 nitrogen and oxygen atoms in total. The predicted molar refractivity (Wildman–Crippen MR) is 81.0 cm³/mol. The van der Waals surface area contributed by atoms with Gasteiger partial charge in [-0.25, -0.2) is 0 Å². The maximum absolute atomic E-state index is 12.0. The standard InChI is InChI=1S/C17H16O4/c1-20-14-9-6-12(7-10-14)15(18)11-8-13-4-3-5-16(21-2)17(13)19/h3-11,19H,1-2H3. The lowest BCUT2D eigenvalue weighted by atomic mass is 10.1. The van der Waals surface area contributed by atoms with Crippen molar-refractivity contribution >= 4 is 11.9 Å². The molecule has 108 valence electrons. The molecular weight excluding hydrogens is 268 g/mol. The molecule has 0 aliphatic heterocycles. The number of benzene rings is 2. The monoisotopic (exact) mass is 284 g/mol. The fourth-order valence-electron chi connectivity index (χ4n) is 1.86. The number of aromatic hydroxyl groups is 1. The van der Waals surface area contributed by atoms with Gasteiger partial charge in [-0.2, -0.15) is 0 Å². The molecule has 2 rings (SSSR count). The van der Waals surface area contributed by atoms with Crippen LogP contribution in [0.2, 0.25) is 0 Å². The molecule has 1 N–H and O–H groups in total. The van der Waals surface area contributed by atoms with Crippen molar-refractivity contribution in [2.75, 3.05) is 14.2 Å². The fraction of sp³-hybridized carbons (Fsp3) is 0.118. The quantitative estimate of drug-likeness (QED) is 0.676. The molecule has 0 atom stereocenters. The summed E-state index contributed by atoms with van der Waals surface area (Å²) in [5, 5.41) is 9.94. The Morgan fingerprint density at radius 2 is 1.76 bits per heavy atom. The summed E-state index contributed by atoms with van der Waals surface area (Å²) in [5.41, 5.74) is 1.07. The minimum absolute atomic E-state index is 0.0128. The molecule has 21 heavy (non-hydrogen) atoms. The molecule has 0 fully saturated rings. The highest BCUT2D eigenvalue weighted by Gasteiger charge is 2.06. The Morgan fingerprint density at radius 3 is 2.38 bits per heavy atom. The van der Waals surface area contributed by atoms with Crippen molar-refractivity contribution in [2.24, 2.45) is 0 Å². The molecule has 0 saturated heterocycles. The van der Waals surface area contributed by atoms with Crippen LogP contribution >= 0.6 is 0 Å². The van der Waals surface area contributed by atoms with Gasteiger partial charge >= 0.3 is 0 Å². The van der Waals surface area contributed by atoms with Gasteiger partial charge in [0.25, 0.3) is 0 Å². The van der Waals surface area contributed by atoms with E-state index in [4.69, 9.17) is 9.47 Å². The van der Waals surface area contributed by atoms with Crippen LogP contribution in [0, 0.1) is 0 Å². The van der Waals surface area contributed by atoms with Crippen LogP contribution in [0.15, 0.2) is 48.5 Å². The Labute approximate surface area is 123 Å². The summed E-state index contributed by atoms with van der Waals surface area (Å²) < 4.78 is 10.1. The summed E-state index contributed by atoms with van der Waals surface area (Å²) in [5.74, 6) is 0.925. The molecule has 2 aromatic rings. The van der Waals surface area contributed by atoms with Gasteiger partial charge in [-0.15, -0.1) is 0 Å². The SMILES string of the molecule is COc1ccc(C(=O)C=Cc2cccc(OC)c2O)cc1. The number of para-hydroxylation sites is 1. The normalized spacial score (nSPS) is 10.6.